The van der Waals surface area contributed by atoms with Gasteiger partial charge in [0.05, 0.1) is 0 Å². The molecule has 1 nitrogen and oxygen atoms in total. The standard InChI is InChI=1S/C17H26OSi/c1-14(2)18-19(3,4)13-16-11-8-12-17(16)15-9-6-5-7-10-15/h5-11,14,16-17H,12-13H2,1-4H3/t16-,17-/m0/s1. The van der Waals surface area contributed by atoms with E-state index in [4.69, 9.17) is 4.43 Å². The molecule has 0 fully saturated rings. The van der Waals surface area contributed by atoms with Gasteiger partial charge >= 0.3 is 0 Å². The average Bonchev–Trinajstić information content (AvgIpc) is 2.75. The molecule has 0 heterocycles. The molecule has 0 amide bonds. The summed E-state index contributed by atoms with van der Waals surface area (Å²) in [6.45, 7) is 8.99. The van der Waals surface area contributed by atoms with Gasteiger partial charge in [-0.1, -0.05) is 42.5 Å². The summed E-state index contributed by atoms with van der Waals surface area (Å²) >= 11 is 0. The van der Waals surface area contributed by atoms with Gasteiger partial charge in [-0.05, 0) is 56.8 Å². The molecule has 1 aromatic carbocycles. The number of hydrogen-bond acceptors (Lipinski definition) is 1. The van der Waals surface area contributed by atoms with E-state index in [1.165, 1.54) is 18.0 Å². The Kier molecular flexibility index (Phi) is 4.64. The third-order valence-electron chi connectivity index (χ3n) is 3.80. The van der Waals surface area contributed by atoms with Crippen LogP contribution in [0, 0.1) is 5.92 Å². The Morgan fingerprint density at radius 3 is 2.53 bits per heavy atom. The Morgan fingerprint density at radius 1 is 1.21 bits per heavy atom. The van der Waals surface area contributed by atoms with Gasteiger partial charge in [-0.2, -0.15) is 0 Å². The van der Waals surface area contributed by atoms with E-state index in [1.54, 1.807) is 0 Å². The van der Waals surface area contributed by atoms with Gasteiger partial charge in [-0.25, -0.2) is 0 Å². The van der Waals surface area contributed by atoms with Crippen LogP contribution in [0.5, 0.6) is 0 Å². The molecule has 1 aromatic rings. The first-order chi connectivity index (χ1) is 8.98. The van der Waals surface area contributed by atoms with E-state index in [9.17, 15) is 0 Å². The van der Waals surface area contributed by atoms with Crippen molar-refractivity contribution in [1.82, 2.24) is 0 Å². The molecule has 1 aliphatic rings. The fourth-order valence-electron chi connectivity index (χ4n) is 3.26. The maximum Gasteiger partial charge on any atom is 0.187 e. The highest BCUT2D eigenvalue weighted by Gasteiger charge is 2.33. The monoisotopic (exact) mass is 274 g/mol. The lowest BCUT2D eigenvalue weighted by Crippen LogP contribution is -2.36. The van der Waals surface area contributed by atoms with Crippen molar-refractivity contribution in [2.75, 3.05) is 0 Å². The largest absolute Gasteiger partial charge is 0.415 e. The van der Waals surface area contributed by atoms with Crippen LogP contribution in [-0.4, -0.2) is 14.4 Å². The summed E-state index contributed by atoms with van der Waals surface area (Å²) in [7, 11) is -1.56. The molecule has 0 saturated carbocycles. The predicted octanol–water partition coefficient (Wildman–Crippen LogP) is 4.98. The molecular formula is C17H26OSi. The molecule has 0 spiro atoms. The smallest absolute Gasteiger partial charge is 0.187 e. The van der Waals surface area contributed by atoms with E-state index < -0.39 is 8.32 Å². The van der Waals surface area contributed by atoms with E-state index >= 15 is 0 Å². The van der Waals surface area contributed by atoms with Crippen molar-refractivity contribution in [3.05, 3.63) is 48.0 Å². The highest BCUT2D eigenvalue weighted by atomic mass is 28.4. The minimum atomic E-state index is -1.56. The van der Waals surface area contributed by atoms with E-state index in [0.29, 0.717) is 17.9 Å². The highest BCUT2D eigenvalue weighted by Crippen LogP contribution is 2.39. The van der Waals surface area contributed by atoms with Crippen LogP contribution in [0.2, 0.25) is 19.1 Å². The van der Waals surface area contributed by atoms with Crippen LogP contribution < -0.4 is 0 Å². The average molecular weight is 274 g/mol. The summed E-state index contributed by atoms with van der Waals surface area (Å²) in [4.78, 5) is 0. The van der Waals surface area contributed by atoms with Crippen molar-refractivity contribution in [3.8, 4) is 0 Å². The molecule has 0 aliphatic heterocycles. The maximum atomic E-state index is 6.19. The molecule has 0 aromatic heterocycles. The van der Waals surface area contributed by atoms with E-state index in [0.717, 1.165) is 0 Å². The fraction of sp³-hybridized carbons (Fsp3) is 0.529. The van der Waals surface area contributed by atoms with Gasteiger partial charge in [0, 0.05) is 6.10 Å². The van der Waals surface area contributed by atoms with Crippen LogP contribution in [0.4, 0.5) is 0 Å². The summed E-state index contributed by atoms with van der Waals surface area (Å²) in [5, 5.41) is 0. The topological polar surface area (TPSA) is 9.23 Å². The molecule has 2 heteroatoms. The van der Waals surface area contributed by atoms with Gasteiger partial charge < -0.3 is 4.43 Å². The predicted molar refractivity (Wildman–Crippen MR) is 84.9 cm³/mol. The lowest BCUT2D eigenvalue weighted by molar-refractivity contribution is 0.228. The van der Waals surface area contributed by atoms with Crippen LogP contribution in [0.15, 0.2) is 42.5 Å². The van der Waals surface area contributed by atoms with Crippen LogP contribution in [0.1, 0.15) is 31.7 Å². The van der Waals surface area contributed by atoms with Gasteiger partial charge in [-0.15, -0.1) is 0 Å². The fourth-order valence-corrected chi connectivity index (χ4v) is 6.18. The number of rotatable bonds is 5. The second-order valence-corrected chi connectivity index (χ2v) is 10.6. The molecule has 0 radical (unpaired) electrons. The zero-order valence-corrected chi connectivity index (χ0v) is 13.6. The van der Waals surface area contributed by atoms with Gasteiger partial charge in [0.25, 0.3) is 0 Å². The molecule has 19 heavy (non-hydrogen) atoms. The summed E-state index contributed by atoms with van der Waals surface area (Å²) in [5.41, 5.74) is 1.48. The minimum absolute atomic E-state index is 0.349. The molecule has 2 rings (SSSR count). The van der Waals surface area contributed by atoms with Crippen LogP contribution >= 0.6 is 0 Å². The molecule has 104 valence electrons. The Balaban J connectivity index is 2.05. The Labute approximate surface area is 118 Å². The Morgan fingerprint density at radius 2 is 1.89 bits per heavy atom. The summed E-state index contributed by atoms with van der Waals surface area (Å²) in [6, 6.07) is 12.2. The number of allylic oxidation sites excluding steroid dienone is 2. The lowest BCUT2D eigenvalue weighted by atomic mass is 9.89. The van der Waals surface area contributed by atoms with Crippen LogP contribution in [-0.2, 0) is 4.43 Å². The van der Waals surface area contributed by atoms with Gasteiger partial charge in [0.1, 0.15) is 0 Å². The van der Waals surface area contributed by atoms with Gasteiger partial charge in [0.2, 0.25) is 0 Å². The first-order valence-electron chi connectivity index (χ1n) is 7.37. The van der Waals surface area contributed by atoms with Crippen molar-refractivity contribution >= 4 is 8.32 Å². The number of benzene rings is 1. The number of hydrogen-bond donors (Lipinski definition) is 0. The molecule has 1 aliphatic carbocycles. The summed E-state index contributed by atoms with van der Waals surface area (Å²) in [5.74, 6) is 1.31. The normalized spacial score (nSPS) is 23.2. The maximum absolute atomic E-state index is 6.19. The molecule has 2 atom stereocenters. The molecule has 0 unspecified atom stereocenters. The first kappa shape index (κ1) is 14.5. The van der Waals surface area contributed by atoms with E-state index in [-0.39, 0.29) is 0 Å². The van der Waals surface area contributed by atoms with Crippen molar-refractivity contribution in [3.63, 3.8) is 0 Å². The summed E-state index contributed by atoms with van der Waals surface area (Å²) in [6.07, 6.45) is 6.29. The van der Waals surface area contributed by atoms with E-state index in [2.05, 4.69) is 69.4 Å². The molecule has 0 saturated heterocycles. The van der Waals surface area contributed by atoms with Crippen molar-refractivity contribution in [2.24, 2.45) is 5.92 Å². The zero-order chi connectivity index (χ0) is 13.9. The van der Waals surface area contributed by atoms with Crippen LogP contribution in [0.25, 0.3) is 0 Å². The molecule has 0 bridgehead atoms. The van der Waals surface area contributed by atoms with Crippen molar-refractivity contribution in [2.45, 2.75) is 51.4 Å². The third kappa shape index (κ3) is 4.05. The van der Waals surface area contributed by atoms with Crippen molar-refractivity contribution < 1.29 is 4.43 Å². The minimum Gasteiger partial charge on any atom is -0.415 e. The van der Waals surface area contributed by atoms with Gasteiger partial charge in [-0.3, -0.25) is 0 Å². The molecule has 0 N–H and O–H groups in total. The van der Waals surface area contributed by atoms with Gasteiger partial charge in [0.15, 0.2) is 8.32 Å². The third-order valence-corrected chi connectivity index (χ3v) is 6.36. The Bertz CT molecular complexity index is 422. The van der Waals surface area contributed by atoms with E-state index in [1.807, 2.05) is 0 Å². The second-order valence-electron chi connectivity index (χ2n) is 6.48. The molecular weight excluding hydrogens is 248 g/mol. The van der Waals surface area contributed by atoms with Crippen molar-refractivity contribution in [1.29, 1.82) is 0 Å². The first-order valence-corrected chi connectivity index (χ1v) is 10.5. The Hall–Kier alpha value is -0.863. The SMILES string of the molecule is CC(C)O[Si](C)(C)C[C@@H]1C=CC[C@H]1c1ccccc1. The quantitative estimate of drug-likeness (QED) is 0.544. The van der Waals surface area contributed by atoms with Crippen LogP contribution in [0.3, 0.4) is 0 Å². The second kappa shape index (κ2) is 6.06. The lowest BCUT2D eigenvalue weighted by Gasteiger charge is -2.30. The zero-order valence-electron chi connectivity index (χ0n) is 12.6. The highest BCUT2D eigenvalue weighted by molar-refractivity contribution is 6.71. The summed E-state index contributed by atoms with van der Waals surface area (Å²) < 4.78 is 6.19.